The molecule has 31 heavy (non-hydrogen) atoms. The number of hydrogen-bond acceptors (Lipinski definition) is 3. The van der Waals surface area contributed by atoms with Crippen molar-refractivity contribution in [3.05, 3.63) is 69.7 Å². The molecule has 164 valence electrons. The maximum absolute atomic E-state index is 12.6. The van der Waals surface area contributed by atoms with E-state index in [1.54, 1.807) is 12.1 Å². The number of urea groups is 1. The van der Waals surface area contributed by atoms with Gasteiger partial charge in [-0.05, 0) is 54.7 Å². The summed E-state index contributed by atoms with van der Waals surface area (Å²) < 4.78 is 0.848. The third kappa shape index (κ3) is 6.82. The molecule has 0 aliphatic carbocycles. The molecule has 1 aliphatic rings. The van der Waals surface area contributed by atoms with Crippen LogP contribution < -0.4 is 16.4 Å². The lowest BCUT2D eigenvalue weighted by Gasteiger charge is -2.26. The Labute approximate surface area is 190 Å². The van der Waals surface area contributed by atoms with E-state index in [4.69, 9.17) is 5.73 Å². The average Bonchev–Trinajstić information content (AvgIpc) is 2.77. The number of nitrogens with two attached hydrogens (primary N) is 1. The Kier molecular flexibility index (Phi) is 8.06. The van der Waals surface area contributed by atoms with Crippen LogP contribution in [0.25, 0.3) is 0 Å². The first-order valence-electron chi connectivity index (χ1n) is 10.4. The lowest BCUT2D eigenvalue weighted by atomic mass is 10.0. The Bertz CT molecular complexity index is 927. The van der Waals surface area contributed by atoms with Crippen molar-refractivity contribution in [2.24, 2.45) is 5.73 Å². The molecule has 0 unspecified atom stereocenters. The Morgan fingerprint density at radius 2 is 1.74 bits per heavy atom. The Morgan fingerprint density at radius 3 is 2.39 bits per heavy atom. The lowest BCUT2D eigenvalue weighted by molar-refractivity contribution is -0.121. The van der Waals surface area contributed by atoms with Gasteiger partial charge in [0.2, 0.25) is 5.91 Å². The summed E-state index contributed by atoms with van der Waals surface area (Å²) in [4.78, 5) is 38.3. The number of hydrogen-bond donors (Lipinski definition) is 3. The number of benzene rings is 2. The van der Waals surface area contributed by atoms with Crippen LogP contribution in [-0.2, 0) is 11.3 Å². The number of piperidine rings is 1. The molecule has 1 heterocycles. The molecule has 1 fully saturated rings. The normalized spacial score (nSPS) is 14.5. The van der Waals surface area contributed by atoms with Gasteiger partial charge in [-0.3, -0.25) is 9.59 Å². The van der Waals surface area contributed by atoms with E-state index in [0.29, 0.717) is 12.1 Å². The molecule has 4 N–H and O–H groups in total. The molecule has 2 aromatic carbocycles. The second kappa shape index (κ2) is 10.9. The fraction of sp³-hybridized carbons (Fsp3) is 0.348. The molecular formula is C23H27BrN4O3. The Hall–Kier alpha value is -2.87. The van der Waals surface area contributed by atoms with E-state index in [-0.39, 0.29) is 18.2 Å². The molecule has 3 rings (SSSR count). The van der Waals surface area contributed by atoms with Gasteiger partial charge in [-0.25, -0.2) is 4.79 Å². The first-order valence-corrected chi connectivity index (χ1v) is 11.2. The average molecular weight is 487 g/mol. The van der Waals surface area contributed by atoms with Crippen LogP contribution in [0.3, 0.4) is 0 Å². The minimum absolute atomic E-state index is 0.0599. The number of likely N-dealkylation sites (tertiary alicyclic amines) is 1. The van der Waals surface area contributed by atoms with E-state index in [2.05, 4.69) is 26.6 Å². The molecule has 0 bridgehead atoms. The molecule has 0 aromatic heterocycles. The molecule has 0 spiro atoms. The quantitative estimate of drug-likeness (QED) is 0.557. The van der Waals surface area contributed by atoms with Crippen molar-refractivity contribution in [2.75, 3.05) is 13.1 Å². The van der Waals surface area contributed by atoms with Gasteiger partial charge < -0.3 is 21.3 Å². The van der Waals surface area contributed by atoms with Crippen molar-refractivity contribution in [2.45, 2.75) is 38.3 Å². The molecule has 4 amide bonds. The van der Waals surface area contributed by atoms with E-state index in [1.165, 1.54) is 6.42 Å². The van der Waals surface area contributed by atoms with Crippen LogP contribution in [0.5, 0.6) is 0 Å². The molecule has 2 aromatic rings. The zero-order valence-electron chi connectivity index (χ0n) is 17.3. The maximum atomic E-state index is 12.6. The highest BCUT2D eigenvalue weighted by atomic mass is 79.9. The zero-order chi connectivity index (χ0) is 22.2. The predicted molar refractivity (Wildman–Crippen MR) is 122 cm³/mol. The van der Waals surface area contributed by atoms with Crippen LogP contribution in [-0.4, -0.2) is 35.8 Å². The van der Waals surface area contributed by atoms with Gasteiger partial charge in [0.05, 0.1) is 12.5 Å². The SMILES string of the molecule is NC(=O)N[C@@H](CC(=O)NCc1ccc(C(=O)N2CCCCC2)cc1)c1cccc(Br)c1. The summed E-state index contributed by atoms with van der Waals surface area (Å²) in [7, 11) is 0. The first-order chi connectivity index (χ1) is 14.9. The van der Waals surface area contributed by atoms with Gasteiger partial charge >= 0.3 is 6.03 Å². The second-order valence-corrected chi connectivity index (χ2v) is 8.56. The van der Waals surface area contributed by atoms with Gasteiger partial charge in [0.1, 0.15) is 0 Å². The fourth-order valence-electron chi connectivity index (χ4n) is 3.65. The summed E-state index contributed by atoms with van der Waals surface area (Å²) in [6.07, 6.45) is 3.35. The van der Waals surface area contributed by atoms with Crippen molar-refractivity contribution < 1.29 is 14.4 Å². The van der Waals surface area contributed by atoms with Gasteiger partial charge in [0, 0.05) is 29.7 Å². The molecule has 1 aliphatic heterocycles. The predicted octanol–water partition coefficient (Wildman–Crippen LogP) is 3.49. The molecule has 0 saturated carbocycles. The highest BCUT2D eigenvalue weighted by molar-refractivity contribution is 9.10. The number of nitrogens with zero attached hydrogens (tertiary/aromatic N) is 1. The van der Waals surface area contributed by atoms with Gasteiger partial charge in [-0.1, -0.05) is 40.2 Å². The van der Waals surface area contributed by atoms with Gasteiger partial charge in [0.15, 0.2) is 0 Å². The van der Waals surface area contributed by atoms with Crippen LogP contribution in [0.1, 0.15) is 53.2 Å². The number of carbonyl (C=O) groups is 3. The van der Waals surface area contributed by atoms with Crippen LogP contribution in [0.2, 0.25) is 0 Å². The van der Waals surface area contributed by atoms with Gasteiger partial charge in [-0.2, -0.15) is 0 Å². The summed E-state index contributed by atoms with van der Waals surface area (Å²) in [5, 5.41) is 5.48. The number of nitrogens with one attached hydrogen (secondary N) is 2. The summed E-state index contributed by atoms with van der Waals surface area (Å²) in [6, 6.07) is 13.5. The van der Waals surface area contributed by atoms with Crippen molar-refractivity contribution >= 4 is 33.8 Å². The summed E-state index contributed by atoms with van der Waals surface area (Å²) in [5.41, 5.74) is 7.62. The van der Waals surface area contributed by atoms with Crippen LogP contribution in [0.15, 0.2) is 53.0 Å². The third-order valence-corrected chi connectivity index (χ3v) is 5.78. The fourth-order valence-corrected chi connectivity index (χ4v) is 4.07. The Balaban J connectivity index is 1.55. The third-order valence-electron chi connectivity index (χ3n) is 5.29. The van der Waals surface area contributed by atoms with Crippen LogP contribution in [0.4, 0.5) is 4.79 Å². The lowest BCUT2D eigenvalue weighted by Crippen LogP contribution is -2.36. The first kappa shape index (κ1) is 22.8. The van der Waals surface area contributed by atoms with Crippen molar-refractivity contribution in [3.8, 4) is 0 Å². The zero-order valence-corrected chi connectivity index (χ0v) is 18.9. The van der Waals surface area contributed by atoms with E-state index in [1.807, 2.05) is 41.3 Å². The smallest absolute Gasteiger partial charge is 0.312 e. The van der Waals surface area contributed by atoms with Crippen molar-refractivity contribution in [1.82, 2.24) is 15.5 Å². The van der Waals surface area contributed by atoms with E-state index < -0.39 is 12.1 Å². The number of halogens is 1. The largest absolute Gasteiger partial charge is 0.352 e. The van der Waals surface area contributed by atoms with Crippen LogP contribution >= 0.6 is 15.9 Å². The number of rotatable bonds is 7. The number of amides is 4. The molecule has 7 nitrogen and oxygen atoms in total. The highest BCUT2D eigenvalue weighted by Gasteiger charge is 2.19. The van der Waals surface area contributed by atoms with E-state index in [0.717, 1.165) is 41.5 Å². The molecule has 0 radical (unpaired) electrons. The van der Waals surface area contributed by atoms with Crippen LogP contribution in [0, 0.1) is 0 Å². The molecular weight excluding hydrogens is 460 g/mol. The summed E-state index contributed by atoms with van der Waals surface area (Å²) in [5.74, 6) is -0.156. The standard InChI is InChI=1S/C23H27BrN4O3/c24-19-6-4-5-18(13-19)20(27-23(25)31)14-21(29)26-15-16-7-9-17(10-8-16)22(30)28-11-2-1-3-12-28/h4-10,13,20H,1-3,11-12,14-15H2,(H,26,29)(H3,25,27,31)/t20-/m0/s1. The number of primary amides is 1. The molecule has 8 heteroatoms. The topological polar surface area (TPSA) is 105 Å². The molecule has 1 atom stereocenters. The summed E-state index contributed by atoms with van der Waals surface area (Å²) >= 11 is 3.39. The Morgan fingerprint density at radius 1 is 1.03 bits per heavy atom. The van der Waals surface area contributed by atoms with Crippen molar-refractivity contribution in [3.63, 3.8) is 0 Å². The molecule has 1 saturated heterocycles. The minimum atomic E-state index is -0.688. The number of carbonyl (C=O) groups excluding carboxylic acids is 3. The monoisotopic (exact) mass is 486 g/mol. The highest BCUT2D eigenvalue weighted by Crippen LogP contribution is 2.21. The summed E-state index contributed by atoms with van der Waals surface area (Å²) in [6.45, 7) is 1.96. The van der Waals surface area contributed by atoms with Gasteiger partial charge in [-0.15, -0.1) is 0 Å². The van der Waals surface area contributed by atoms with Crippen molar-refractivity contribution in [1.29, 1.82) is 0 Å². The second-order valence-electron chi connectivity index (χ2n) is 7.65. The van der Waals surface area contributed by atoms with E-state index >= 15 is 0 Å². The van der Waals surface area contributed by atoms with Gasteiger partial charge in [0.25, 0.3) is 5.91 Å². The maximum Gasteiger partial charge on any atom is 0.312 e. The minimum Gasteiger partial charge on any atom is -0.352 e. The van der Waals surface area contributed by atoms with E-state index in [9.17, 15) is 14.4 Å².